The summed E-state index contributed by atoms with van der Waals surface area (Å²) in [4.78, 5) is 1.31. The van der Waals surface area contributed by atoms with Gasteiger partial charge in [-0.1, -0.05) is 11.6 Å². The Bertz CT molecular complexity index is 320. The smallest absolute Gasteiger partial charge is 0.0843 e. The lowest BCUT2D eigenvalue weighted by atomic mass is 10.2. The first-order valence-corrected chi connectivity index (χ1v) is 6.72. The largest absolute Gasteiger partial charge is 0.309 e. The van der Waals surface area contributed by atoms with Crippen LogP contribution in [0.15, 0.2) is 26.0 Å². The molecule has 0 spiro atoms. The Balaban J connectivity index is 2.95. The van der Waals surface area contributed by atoms with E-state index in [1.807, 2.05) is 7.05 Å². The number of thiophene rings is 1. The Morgan fingerprint density at radius 2 is 2.14 bits per heavy atom. The van der Waals surface area contributed by atoms with E-state index in [-0.39, 0.29) is 0 Å². The summed E-state index contributed by atoms with van der Waals surface area (Å²) in [7, 11) is 1.98. The van der Waals surface area contributed by atoms with E-state index in [9.17, 15) is 0 Å². The molecule has 1 atom stereocenters. The van der Waals surface area contributed by atoms with Crippen LogP contribution in [0, 0.1) is 0 Å². The first kappa shape index (κ1) is 12.4. The Labute approximate surface area is 106 Å². The third-order valence-corrected chi connectivity index (χ3v) is 5.12. The van der Waals surface area contributed by atoms with Crippen molar-refractivity contribution in [1.29, 1.82) is 0 Å². The third-order valence-electron chi connectivity index (χ3n) is 1.78. The molecule has 0 amide bonds. The fraction of sp³-hybridized carbons (Fsp3) is 0.400. The molecule has 1 nitrogen and oxygen atoms in total. The maximum absolute atomic E-state index is 3.50. The lowest BCUT2D eigenvalue weighted by molar-refractivity contribution is 0.722. The normalized spacial score (nSPS) is 12.6. The highest BCUT2D eigenvalue weighted by Gasteiger charge is 2.11. The molecule has 4 heteroatoms. The zero-order chi connectivity index (χ0) is 10.7. The molecule has 1 heterocycles. The van der Waals surface area contributed by atoms with Crippen LogP contribution in [-0.2, 0) is 0 Å². The molecule has 0 aromatic carbocycles. The van der Waals surface area contributed by atoms with Crippen molar-refractivity contribution in [1.82, 2.24) is 5.32 Å². The van der Waals surface area contributed by atoms with E-state index >= 15 is 0 Å². The minimum Gasteiger partial charge on any atom is -0.309 e. The summed E-state index contributed by atoms with van der Waals surface area (Å²) in [6.07, 6.45) is 2.23. The molecule has 0 saturated carbocycles. The second-order valence-electron chi connectivity index (χ2n) is 3.28. The highest BCUT2D eigenvalue weighted by molar-refractivity contribution is 9.13. The lowest BCUT2D eigenvalue weighted by Crippen LogP contribution is -2.12. The molecule has 0 radical (unpaired) electrons. The van der Waals surface area contributed by atoms with Gasteiger partial charge in [-0.25, -0.2) is 0 Å². The van der Waals surface area contributed by atoms with Crippen molar-refractivity contribution in [3.05, 3.63) is 30.9 Å². The summed E-state index contributed by atoms with van der Waals surface area (Å²) in [5, 5.41) is 3.28. The summed E-state index contributed by atoms with van der Waals surface area (Å²) < 4.78 is 2.27. The van der Waals surface area contributed by atoms with E-state index in [1.54, 1.807) is 11.3 Å². The van der Waals surface area contributed by atoms with E-state index in [1.165, 1.54) is 10.5 Å². The Kier molecular flexibility index (Phi) is 4.83. The minimum absolute atomic E-state index is 0.313. The predicted octanol–water partition coefficient (Wildman–Crippen LogP) is 4.50. The topological polar surface area (TPSA) is 12.0 Å². The van der Waals surface area contributed by atoms with Crippen molar-refractivity contribution < 1.29 is 0 Å². The van der Waals surface area contributed by atoms with Crippen LogP contribution in [0.25, 0.3) is 0 Å². The first-order valence-electron chi connectivity index (χ1n) is 4.31. The Hall–Kier alpha value is 0.360. The summed E-state index contributed by atoms with van der Waals surface area (Å²) in [6, 6.07) is 2.46. The quantitative estimate of drug-likeness (QED) is 0.800. The Morgan fingerprint density at radius 1 is 1.50 bits per heavy atom. The molecule has 78 valence electrons. The zero-order valence-electron chi connectivity index (χ0n) is 8.40. The van der Waals surface area contributed by atoms with Gasteiger partial charge < -0.3 is 5.32 Å². The van der Waals surface area contributed by atoms with Crippen LogP contribution in [-0.4, -0.2) is 7.05 Å². The van der Waals surface area contributed by atoms with Gasteiger partial charge in [-0.15, -0.1) is 11.3 Å². The second kappa shape index (κ2) is 5.45. The van der Waals surface area contributed by atoms with Crippen LogP contribution in [0.1, 0.15) is 24.8 Å². The van der Waals surface area contributed by atoms with Crippen LogP contribution < -0.4 is 5.32 Å². The van der Waals surface area contributed by atoms with E-state index in [0.29, 0.717) is 6.04 Å². The van der Waals surface area contributed by atoms with E-state index < -0.39 is 0 Å². The number of hydrogen-bond donors (Lipinski definition) is 1. The molecule has 1 aromatic rings. The Morgan fingerprint density at radius 3 is 2.50 bits per heavy atom. The van der Waals surface area contributed by atoms with Gasteiger partial charge in [-0.05, 0) is 58.8 Å². The average molecular weight is 339 g/mol. The monoisotopic (exact) mass is 337 g/mol. The fourth-order valence-corrected chi connectivity index (χ4v) is 3.33. The second-order valence-corrected chi connectivity index (χ2v) is 6.54. The van der Waals surface area contributed by atoms with Gasteiger partial charge >= 0.3 is 0 Å². The van der Waals surface area contributed by atoms with E-state index in [0.717, 1.165) is 8.26 Å². The molecular formula is C10H13Br2NS. The number of allylic oxidation sites excluding steroid dienone is 1. The van der Waals surface area contributed by atoms with Crippen molar-refractivity contribution in [2.24, 2.45) is 0 Å². The van der Waals surface area contributed by atoms with Crippen LogP contribution in [0.3, 0.4) is 0 Å². The SMILES string of the molecule is CNC(C=C(C)C)c1cc(Br)c(Br)s1. The molecule has 0 fully saturated rings. The van der Waals surface area contributed by atoms with Crippen molar-refractivity contribution in [2.45, 2.75) is 19.9 Å². The predicted molar refractivity (Wildman–Crippen MR) is 71.0 cm³/mol. The van der Waals surface area contributed by atoms with Gasteiger partial charge in [-0.2, -0.15) is 0 Å². The summed E-state index contributed by atoms with van der Waals surface area (Å²) >= 11 is 8.75. The molecule has 0 aliphatic rings. The maximum Gasteiger partial charge on any atom is 0.0843 e. The van der Waals surface area contributed by atoms with Crippen LogP contribution in [0.2, 0.25) is 0 Å². The van der Waals surface area contributed by atoms with Gasteiger partial charge in [0.25, 0.3) is 0 Å². The van der Waals surface area contributed by atoms with Crippen molar-refractivity contribution >= 4 is 43.2 Å². The zero-order valence-corrected chi connectivity index (χ0v) is 12.4. The number of hydrogen-bond acceptors (Lipinski definition) is 2. The average Bonchev–Trinajstić information content (AvgIpc) is 2.42. The van der Waals surface area contributed by atoms with E-state index in [2.05, 4.69) is 63.2 Å². The number of nitrogens with one attached hydrogen (secondary N) is 1. The molecule has 1 N–H and O–H groups in total. The summed E-state index contributed by atoms with van der Waals surface area (Å²) in [5.74, 6) is 0. The molecular weight excluding hydrogens is 326 g/mol. The van der Waals surface area contributed by atoms with Crippen molar-refractivity contribution in [3.8, 4) is 0 Å². The number of likely N-dealkylation sites (N-methyl/N-ethyl adjacent to an activating group) is 1. The molecule has 0 saturated heterocycles. The fourth-order valence-electron chi connectivity index (χ4n) is 1.16. The minimum atomic E-state index is 0.313. The first-order chi connectivity index (χ1) is 6.54. The molecule has 0 aliphatic carbocycles. The molecule has 1 aromatic heterocycles. The third kappa shape index (κ3) is 3.19. The van der Waals surface area contributed by atoms with Crippen molar-refractivity contribution in [2.75, 3.05) is 7.05 Å². The van der Waals surface area contributed by atoms with Crippen LogP contribution in [0.5, 0.6) is 0 Å². The summed E-state index contributed by atoms with van der Waals surface area (Å²) in [5.41, 5.74) is 1.32. The van der Waals surface area contributed by atoms with Gasteiger partial charge in [0.2, 0.25) is 0 Å². The highest BCUT2D eigenvalue weighted by atomic mass is 79.9. The van der Waals surface area contributed by atoms with E-state index in [4.69, 9.17) is 0 Å². The van der Waals surface area contributed by atoms with Gasteiger partial charge in [0, 0.05) is 9.35 Å². The van der Waals surface area contributed by atoms with Gasteiger partial charge in [0.1, 0.15) is 0 Å². The molecule has 0 bridgehead atoms. The van der Waals surface area contributed by atoms with Crippen LogP contribution in [0.4, 0.5) is 0 Å². The standard InChI is InChI=1S/C10H13Br2NS/c1-6(2)4-8(13-3)9-5-7(11)10(12)14-9/h4-5,8,13H,1-3H3. The van der Waals surface area contributed by atoms with Gasteiger partial charge in [0.05, 0.1) is 9.83 Å². The van der Waals surface area contributed by atoms with Crippen molar-refractivity contribution in [3.63, 3.8) is 0 Å². The molecule has 14 heavy (non-hydrogen) atoms. The molecule has 1 rings (SSSR count). The highest BCUT2D eigenvalue weighted by Crippen LogP contribution is 2.35. The molecule has 0 aliphatic heterocycles. The molecule has 1 unspecified atom stereocenters. The number of rotatable bonds is 3. The lowest BCUT2D eigenvalue weighted by Gasteiger charge is -2.09. The summed E-state index contributed by atoms with van der Waals surface area (Å²) in [6.45, 7) is 4.23. The number of halogens is 2. The van der Waals surface area contributed by atoms with Gasteiger partial charge in [0.15, 0.2) is 0 Å². The maximum atomic E-state index is 3.50. The van der Waals surface area contributed by atoms with Crippen LogP contribution >= 0.6 is 43.2 Å². The van der Waals surface area contributed by atoms with Gasteiger partial charge in [-0.3, -0.25) is 0 Å².